The fourth-order valence-electron chi connectivity index (χ4n) is 1.86. The Morgan fingerprint density at radius 2 is 2.29 bits per heavy atom. The molecule has 21 heavy (non-hydrogen) atoms. The zero-order chi connectivity index (χ0) is 15.4. The first-order valence-corrected chi connectivity index (χ1v) is 8.83. The zero-order valence-electron chi connectivity index (χ0n) is 12.4. The molecule has 2 aromatic heterocycles. The molecule has 0 saturated heterocycles. The van der Waals surface area contributed by atoms with Crippen LogP contribution in [0.4, 0.5) is 0 Å². The molecular formula is C14H19N3O2S2. The molecule has 0 aliphatic heterocycles. The van der Waals surface area contributed by atoms with E-state index in [1.807, 2.05) is 32.2 Å². The number of carbonyl (C=O) groups is 1. The van der Waals surface area contributed by atoms with E-state index in [0.29, 0.717) is 21.9 Å². The van der Waals surface area contributed by atoms with Crippen molar-refractivity contribution in [1.82, 2.24) is 14.9 Å². The first-order valence-electron chi connectivity index (χ1n) is 6.97. The third-order valence-corrected chi connectivity index (χ3v) is 5.07. The van der Waals surface area contributed by atoms with E-state index in [1.165, 1.54) is 23.1 Å². The predicted octanol–water partition coefficient (Wildman–Crippen LogP) is 2.48. The number of nitrogens with one attached hydrogen (secondary N) is 1. The Labute approximate surface area is 131 Å². The van der Waals surface area contributed by atoms with Crippen LogP contribution in [0.25, 0.3) is 10.2 Å². The van der Waals surface area contributed by atoms with Crippen LogP contribution in [0, 0.1) is 0 Å². The van der Waals surface area contributed by atoms with Crippen LogP contribution in [0.2, 0.25) is 0 Å². The second-order valence-electron chi connectivity index (χ2n) is 4.74. The third-order valence-electron chi connectivity index (χ3n) is 3.20. The summed E-state index contributed by atoms with van der Waals surface area (Å²) in [5.74, 6) is 0.239. The number of carbonyl (C=O) groups excluding carboxylic acids is 1. The fourth-order valence-corrected chi connectivity index (χ4v) is 3.51. The predicted molar refractivity (Wildman–Crippen MR) is 88.2 cm³/mol. The van der Waals surface area contributed by atoms with Crippen molar-refractivity contribution >= 4 is 39.2 Å². The van der Waals surface area contributed by atoms with Crippen molar-refractivity contribution in [3.05, 3.63) is 21.8 Å². The number of thiophene rings is 1. The number of nitrogens with zero attached hydrogens (tertiary/aromatic N) is 2. The summed E-state index contributed by atoms with van der Waals surface area (Å²) in [6, 6.07) is 2.00. The summed E-state index contributed by atoms with van der Waals surface area (Å²) in [4.78, 5) is 28.7. The van der Waals surface area contributed by atoms with Gasteiger partial charge in [0.25, 0.3) is 5.56 Å². The van der Waals surface area contributed by atoms with Crippen LogP contribution in [0.15, 0.2) is 21.4 Å². The number of thioether (sulfide) groups is 1. The molecule has 0 aliphatic carbocycles. The van der Waals surface area contributed by atoms with Crippen molar-refractivity contribution in [3.63, 3.8) is 0 Å². The van der Waals surface area contributed by atoms with Gasteiger partial charge in [-0.3, -0.25) is 14.2 Å². The third kappa shape index (κ3) is 3.65. The van der Waals surface area contributed by atoms with Crippen molar-refractivity contribution in [1.29, 1.82) is 0 Å². The highest BCUT2D eigenvalue weighted by Crippen LogP contribution is 2.20. The zero-order valence-corrected chi connectivity index (χ0v) is 14.0. The molecule has 0 bridgehead atoms. The molecule has 0 aromatic carbocycles. The average molecular weight is 325 g/mol. The van der Waals surface area contributed by atoms with Gasteiger partial charge in [0.1, 0.15) is 4.70 Å². The van der Waals surface area contributed by atoms with Crippen LogP contribution >= 0.6 is 23.1 Å². The number of amides is 1. The second-order valence-corrected chi connectivity index (χ2v) is 6.60. The summed E-state index contributed by atoms with van der Waals surface area (Å²) < 4.78 is 2.30. The van der Waals surface area contributed by atoms with E-state index in [9.17, 15) is 9.59 Å². The van der Waals surface area contributed by atoms with E-state index in [0.717, 1.165) is 6.42 Å². The van der Waals surface area contributed by atoms with Crippen LogP contribution in [0.1, 0.15) is 27.2 Å². The number of hydrogen-bond donors (Lipinski definition) is 1. The van der Waals surface area contributed by atoms with E-state index < -0.39 is 0 Å². The van der Waals surface area contributed by atoms with Gasteiger partial charge in [-0.15, -0.1) is 11.3 Å². The molecule has 0 radical (unpaired) electrons. The van der Waals surface area contributed by atoms with Crippen LogP contribution in [-0.2, 0) is 11.3 Å². The lowest BCUT2D eigenvalue weighted by Gasteiger charge is -2.12. The van der Waals surface area contributed by atoms with Crippen molar-refractivity contribution in [2.24, 2.45) is 0 Å². The van der Waals surface area contributed by atoms with Crippen LogP contribution in [0.3, 0.4) is 0 Å². The highest BCUT2D eigenvalue weighted by atomic mass is 32.2. The van der Waals surface area contributed by atoms with Gasteiger partial charge in [0, 0.05) is 12.6 Å². The lowest BCUT2D eigenvalue weighted by Crippen LogP contribution is -2.33. The Bertz CT molecular complexity index is 693. The molecule has 2 aromatic rings. The molecule has 0 spiro atoms. The van der Waals surface area contributed by atoms with Crippen molar-refractivity contribution in [2.75, 3.05) is 5.75 Å². The molecule has 5 nitrogen and oxygen atoms in total. The van der Waals surface area contributed by atoms with Gasteiger partial charge in [0.15, 0.2) is 5.16 Å². The van der Waals surface area contributed by atoms with Crippen LogP contribution in [-0.4, -0.2) is 27.3 Å². The van der Waals surface area contributed by atoms with Crippen LogP contribution in [0.5, 0.6) is 0 Å². The van der Waals surface area contributed by atoms with Gasteiger partial charge in [-0.1, -0.05) is 18.7 Å². The van der Waals surface area contributed by atoms with E-state index in [2.05, 4.69) is 10.3 Å². The van der Waals surface area contributed by atoms with E-state index in [4.69, 9.17) is 0 Å². The Hall–Kier alpha value is -1.34. The maximum Gasteiger partial charge on any atom is 0.272 e. The van der Waals surface area contributed by atoms with Gasteiger partial charge in [0.05, 0.1) is 11.3 Å². The quantitative estimate of drug-likeness (QED) is 0.655. The molecule has 2 rings (SSSR count). The van der Waals surface area contributed by atoms with Gasteiger partial charge >= 0.3 is 0 Å². The molecule has 1 N–H and O–H groups in total. The van der Waals surface area contributed by atoms with E-state index in [-0.39, 0.29) is 23.3 Å². The fraction of sp³-hybridized carbons (Fsp3) is 0.500. The SMILES string of the molecule is CC[C@H](C)NC(=O)CSc1nc2ccsc2c(=O)n1CC. The second kappa shape index (κ2) is 7.09. The van der Waals surface area contributed by atoms with Gasteiger partial charge in [-0.25, -0.2) is 4.98 Å². The smallest absolute Gasteiger partial charge is 0.272 e. The molecule has 1 atom stereocenters. The summed E-state index contributed by atoms with van der Waals surface area (Å²) >= 11 is 2.71. The lowest BCUT2D eigenvalue weighted by atomic mass is 10.3. The molecule has 1 amide bonds. The monoisotopic (exact) mass is 325 g/mol. The van der Waals surface area contributed by atoms with E-state index in [1.54, 1.807) is 4.57 Å². The highest BCUT2D eigenvalue weighted by molar-refractivity contribution is 7.99. The first-order chi connectivity index (χ1) is 10.1. The molecule has 0 aliphatic rings. The lowest BCUT2D eigenvalue weighted by molar-refractivity contribution is -0.119. The summed E-state index contributed by atoms with van der Waals surface area (Å²) in [6.07, 6.45) is 0.898. The first kappa shape index (κ1) is 16.0. The molecule has 0 fully saturated rings. The Balaban J connectivity index is 2.18. The number of rotatable bonds is 6. The average Bonchev–Trinajstić information content (AvgIpc) is 2.93. The Kier molecular flexibility index (Phi) is 5.41. The Morgan fingerprint density at radius 1 is 1.52 bits per heavy atom. The maximum absolute atomic E-state index is 12.3. The van der Waals surface area contributed by atoms with Gasteiger partial charge in [-0.05, 0) is 31.7 Å². The minimum atomic E-state index is -0.0309. The summed E-state index contributed by atoms with van der Waals surface area (Å²) in [6.45, 7) is 6.46. The minimum Gasteiger partial charge on any atom is -0.353 e. The highest BCUT2D eigenvalue weighted by Gasteiger charge is 2.13. The number of fused-ring (bicyclic) bond motifs is 1. The summed E-state index contributed by atoms with van der Waals surface area (Å²) in [5, 5.41) is 5.38. The van der Waals surface area contributed by atoms with E-state index >= 15 is 0 Å². The molecule has 0 saturated carbocycles. The standard InChI is InChI=1S/C14H19N3O2S2/c1-4-9(3)15-11(18)8-21-14-16-10-6-7-20-12(10)13(19)17(14)5-2/h6-7,9H,4-5,8H2,1-3H3,(H,15,18)/t9-/m0/s1. The Morgan fingerprint density at radius 3 is 2.95 bits per heavy atom. The van der Waals surface area contributed by atoms with Gasteiger partial charge in [-0.2, -0.15) is 0 Å². The van der Waals surface area contributed by atoms with Gasteiger partial charge in [0.2, 0.25) is 5.91 Å². The molecule has 2 heterocycles. The normalized spacial score (nSPS) is 12.5. The topological polar surface area (TPSA) is 64.0 Å². The molecular weight excluding hydrogens is 306 g/mol. The van der Waals surface area contributed by atoms with Crippen molar-refractivity contribution < 1.29 is 4.79 Å². The van der Waals surface area contributed by atoms with Gasteiger partial charge < -0.3 is 5.32 Å². The van der Waals surface area contributed by atoms with Crippen molar-refractivity contribution in [3.8, 4) is 0 Å². The summed E-state index contributed by atoms with van der Waals surface area (Å²) in [7, 11) is 0. The summed E-state index contributed by atoms with van der Waals surface area (Å²) in [5.41, 5.74) is 0.682. The minimum absolute atomic E-state index is 0.0256. The van der Waals surface area contributed by atoms with Crippen LogP contribution < -0.4 is 10.9 Å². The number of hydrogen-bond acceptors (Lipinski definition) is 5. The molecule has 0 unspecified atom stereocenters. The number of aromatic nitrogens is 2. The van der Waals surface area contributed by atoms with Crippen molar-refractivity contribution in [2.45, 2.75) is 44.9 Å². The maximum atomic E-state index is 12.3. The largest absolute Gasteiger partial charge is 0.353 e. The molecule has 7 heteroatoms. The molecule has 114 valence electrons.